The molecule has 1 atom stereocenters. The lowest BCUT2D eigenvalue weighted by Gasteiger charge is -2.16. The van der Waals surface area contributed by atoms with Gasteiger partial charge in [0.1, 0.15) is 5.82 Å². The Bertz CT molecular complexity index is 1370. The van der Waals surface area contributed by atoms with Crippen molar-refractivity contribution in [3.63, 3.8) is 0 Å². The zero-order valence-electron chi connectivity index (χ0n) is 21.6. The summed E-state index contributed by atoms with van der Waals surface area (Å²) in [6.45, 7) is 6.08. The Morgan fingerprint density at radius 3 is 2.45 bits per heavy atom. The maximum absolute atomic E-state index is 13.2. The molecule has 0 fully saturated rings. The molecule has 0 aliphatic rings. The number of esters is 1. The van der Waals surface area contributed by atoms with Gasteiger partial charge in [-0.1, -0.05) is 60.6 Å². The Labute approximate surface area is 231 Å². The van der Waals surface area contributed by atoms with Crippen LogP contribution in [-0.4, -0.2) is 38.5 Å². The molecule has 4 rings (SSSR count). The van der Waals surface area contributed by atoms with Crippen LogP contribution < -0.4 is 5.32 Å². The number of nitrogens with one attached hydrogen (secondary N) is 1. The molecule has 0 spiro atoms. The number of aromatic nitrogens is 3. The zero-order chi connectivity index (χ0) is 26.9. The average Bonchev–Trinajstić information content (AvgIpc) is 3.34. The van der Waals surface area contributed by atoms with Crippen molar-refractivity contribution in [3.8, 4) is 5.69 Å². The molecule has 1 heterocycles. The van der Waals surface area contributed by atoms with Crippen LogP contribution in [0.25, 0.3) is 5.69 Å². The number of rotatable bonds is 11. The van der Waals surface area contributed by atoms with Gasteiger partial charge >= 0.3 is 5.97 Å². The van der Waals surface area contributed by atoms with Gasteiger partial charge in [-0.25, -0.2) is 4.79 Å². The van der Waals surface area contributed by atoms with E-state index in [1.807, 2.05) is 41.8 Å². The number of hydrogen-bond donors (Lipinski definition) is 1. The highest BCUT2D eigenvalue weighted by Crippen LogP contribution is 2.31. The van der Waals surface area contributed by atoms with E-state index < -0.39 is 11.2 Å². The van der Waals surface area contributed by atoms with Crippen LogP contribution in [0.1, 0.15) is 42.0 Å². The average molecular weight is 547 g/mol. The minimum absolute atomic E-state index is 0.170. The maximum atomic E-state index is 13.2. The second kappa shape index (κ2) is 13.3. The Kier molecular flexibility index (Phi) is 9.62. The number of carbonyl (C=O) groups excluding carboxylic acids is 2. The van der Waals surface area contributed by atoms with E-state index in [4.69, 9.17) is 4.74 Å². The lowest BCUT2D eigenvalue weighted by molar-refractivity contribution is -0.115. The fourth-order valence-electron chi connectivity index (χ4n) is 3.70. The second-order valence-electron chi connectivity index (χ2n) is 8.48. The highest BCUT2D eigenvalue weighted by molar-refractivity contribution is 8.00. The van der Waals surface area contributed by atoms with E-state index in [2.05, 4.69) is 46.7 Å². The van der Waals surface area contributed by atoms with Gasteiger partial charge in [0.15, 0.2) is 5.16 Å². The lowest BCUT2D eigenvalue weighted by Crippen LogP contribution is -2.25. The number of aryl methyl sites for hydroxylation is 1. The molecule has 0 saturated heterocycles. The molecule has 38 heavy (non-hydrogen) atoms. The Morgan fingerprint density at radius 1 is 0.974 bits per heavy atom. The molecule has 9 heteroatoms. The summed E-state index contributed by atoms with van der Waals surface area (Å²) in [7, 11) is 0. The molecule has 0 aliphatic heterocycles. The van der Waals surface area contributed by atoms with Crippen molar-refractivity contribution < 1.29 is 14.3 Å². The Balaban J connectivity index is 1.53. The van der Waals surface area contributed by atoms with Gasteiger partial charge in [-0.3, -0.25) is 9.36 Å². The Morgan fingerprint density at radius 2 is 1.74 bits per heavy atom. The number of carbonyl (C=O) groups is 2. The number of nitrogens with zero attached hydrogens (tertiary/aromatic N) is 3. The van der Waals surface area contributed by atoms with E-state index in [1.165, 1.54) is 17.3 Å². The first kappa shape index (κ1) is 27.5. The van der Waals surface area contributed by atoms with Crippen LogP contribution >= 0.6 is 23.5 Å². The molecule has 1 N–H and O–H groups in total. The molecule has 1 aromatic heterocycles. The molecular formula is C29H30N4O3S2. The van der Waals surface area contributed by atoms with Gasteiger partial charge < -0.3 is 10.1 Å². The van der Waals surface area contributed by atoms with Crippen LogP contribution in [0.2, 0.25) is 0 Å². The maximum Gasteiger partial charge on any atom is 0.338 e. The highest BCUT2D eigenvalue weighted by Gasteiger charge is 2.24. The van der Waals surface area contributed by atoms with Crippen LogP contribution in [0.4, 0.5) is 5.69 Å². The minimum Gasteiger partial charge on any atom is -0.462 e. The van der Waals surface area contributed by atoms with E-state index in [9.17, 15) is 9.59 Å². The first-order valence-electron chi connectivity index (χ1n) is 12.4. The fourth-order valence-corrected chi connectivity index (χ4v) is 5.50. The van der Waals surface area contributed by atoms with Crippen molar-refractivity contribution in [1.82, 2.24) is 14.8 Å². The van der Waals surface area contributed by atoms with Crippen molar-refractivity contribution in [2.24, 2.45) is 0 Å². The van der Waals surface area contributed by atoms with E-state index in [0.29, 0.717) is 28.6 Å². The summed E-state index contributed by atoms with van der Waals surface area (Å²) in [4.78, 5) is 26.5. The summed E-state index contributed by atoms with van der Waals surface area (Å²) >= 11 is 3.07. The third kappa shape index (κ3) is 7.05. The Hall–Kier alpha value is -3.56. The molecule has 4 aromatic rings. The molecule has 0 bridgehead atoms. The highest BCUT2D eigenvalue weighted by atomic mass is 32.2. The van der Waals surface area contributed by atoms with Crippen molar-refractivity contribution in [2.45, 2.75) is 48.2 Å². The van der Waals surface area contributed by atoms with Crippen molar-refractivity contribution in [2.75, 3.05) is 11.9 Å². The molecule has 0 radical (unpaired) electrons. The normalized spacial score (nSPS) is 11.7. The van der Waals surface area contributed by atoms with Crippen molar-refractivity contribution in [3.05, 3.63) is 95.8 Å². The second-order valence-corrected chi connectivity index (χ2v) is 10.7. The quantitative estimate of drug-likeness (QED) is 0.169. The third-order valence-corrected chi connectivity index (χ3v) is 7.97. The van der Waals surface area contributed by atoms with E-state index in [-0.39, 0.29) is 12.5 Å². The predicted molar refractivity (Wildman–Crippen MR) is 153 cm³/mol. The van der Waals surface area contributed by atoms with Crippen LogP contribution in [0.5, 0.6) is 0 Å². The van der Waals surface area contributed by atoms with Gasteiger partial charge in [-0.05, 0) is 62.7 Å². The van der Waals surface area contributed by atoms with Gasteiger partial charge in [0.05, 0.1) is 23.2 Å². The topological polar surface area (TPSA) is 86.1 Å². The van der Waals surface area contributed by atoms with Crippen LogP contribution in [0.3, 0.4) is 0 Å². The standard InChI is InChI=1S/C29H30N4O3S2/c1-4-25(27(34)30-22-11-9-10-21(18-22)28(35)36-5-2)38-29-32-31-26(33(29)23-12-7-6-8-13-23)19-37-24-16-14-20(3)15-17-24/h6-18,25H,4-5,19H2,1-3H3,(H,30,34). The molecule has 3 aromatic carbocycles. The van der Waals surface area contributed by atoms with Crippen molar-refractivity contribution >= 4 is 41.1 Å². The summed E-state index contributed by atoms with van der Waals surface area (Å²) in [5.41, 5.74) is 3.10. The molecule has 0 aliphatic carbocycles. The van der Waals surface area contributed by atoms with Gasteiger partial charge in [0.2, 0.25) is 5.91 Å². The summed E-state index contributed by atoms with van der Waals surface area (Å²) in [5.74, 6) is 0.852. The number of thioether (sulfide) groups is 2. The minimum atomic E-state index is -0.419. The van der Waals surface area contributed by atoms with Crippen LogP contribution in [0, 0.1) is 6.92 Å². The number of para-hydroxylation sites is 1. The van der Waals surface area contributed by atoms with Crippen molar-refractivity contribution in [1.29, 1.82) is 0 Å². The van der Waals surface area contributed by atoms with Gasteiger partial charge in [-0.2, -0.15) is 0 Å². The van der Waals surface area contributed by atoms with Crippen LogP contribution in [-0.2, 0) is 15.3 Å². The number of anilines is 1. The van der Waals surface area contributed by atoms with Crippen LogP contribution in [0.15, 0.2) is 88.9 Å². The SMILES string of the molecule is CCOC(=O)c1cccc(NC(=O)C(CC)Sc2nnc(CSc3ccc(C)cc3)n2-c2ccccc2)c1. The third-order valence-electron chi connectivity index (χ3n) is 5.66. The van der Waals surface area contributed by atoms with Gasteiger partial charge in [0.25, 0.3) is 0 Å². The molecule has 1 amide bonds. The molecule has 196 valence electrons. The molecule has 7 nitrogen and oxygen atoms in total. The zero-order valence-corrected chi connectivity index (χ0v) is 23.2. The van der Waals surface area contributed by atoms with E-state index in [1.54, 1.807) is 43.0 Å². The lowest BCUT2D eigenvalue weighted by atomic mass is 10.2. The first-order valence-corrected chi connectivity index (χ1v) is 14.3. The fraction of sp³-hybridized carbons (Fsp3) is 0.241. The van der Waals surface area contributed by atoms with E-state index in [0.717, 1.165) is 16.4 Å². The van der Waals surface area contributed by atoms with E-state index >= 15 is 0 Å². The largest absolute Gasteiger partial charge is 0.462 e. The number of hydrogen-bond acceptors (Lipinski definition) is 7. The number of ether oxygens (including phenoxy) is 1. The van der Waals surface area contributed by atoms with Gasteiger partial charge in [0, 0.05) is 16.3 Å². The number of benzene rings is 3. The monoisotopic (exact) mass is 546 g/mol. The van der Waals surface area contributed by atoms with Gasteiger partial charge in [-0.15, -0.1) is 22.0 Å². The smallest absolute Gasteiger partial charge is 0.338 e. The summed E-state index contributed by atoms with van der Waals surface area (Å²) < 4.78 is 7.09. The summed E-state index contributed by atoms with van der Waals surface area (Å²) in [6.07, 6.45) is 0.586. The first-order chi connectivity index (χ1) is 18.5. The molecular weight excluding hydrogens is 516 g/mol. The number of amides is 1. The summed E-state index contributed by atoms with van der Waals surface area (Å²) in [5, 5.41) is 12.1. The summed E-state index contributed by atoms with van der Waals surface area (Å²) in [6, 6.07) is 25.1. The predicted octanol–water partition coefficient (Wildman–Crippen LogP) is 6.55. The molecule has 1 unspecified atom stereocenters. The molecule has 0 saturated carbocycles.